The molecule has 0 radical (unpaired) electrons. The lowest BCUT2D eigenvalue weighted by Gasteiger charge is -2.11. The fourth-order valence-corrected chi connectivity index (χ4v) is 2.08. The highest BCUT2D eigenvalue weighted by molar-refractivity contribution is 5.63. The summed E-state index contributed by atoms with van der Waals surface area (Å²) in [5, 5.41) is 3.38. The molecular weight excluding hydrogens is 238 g/mol. The van der Waals surface area contributed by atoms with Gasteiger partial charge in [-0.1, -0.05) is 0 Å². The van der Waals surface area contributed by atoms with Crippen LogP contribution in [0.4, 0.5) is 11.4 Å². The molecule has 0 unspecified atom stereocenters. The lowest BCUT2D eigenvalue weighted by molar-refractivity contribution is 0.412. The van der Waals surface area contributed by atoms with Gasteiger partial charge in [0.05, 0.1) is 14.2 Å². The molecule has 0 aliphatic carbocycles. The molecule has 2 aromatic carbocycles. The van der Waals surface area contributed by atoms with Crippen LogP contribution >= 0.6 is 0 Å². The van der Waals surface area contributed by atoms with Crippen LogP contribution in [0.5, 0.6) is 11.5 Å². The van der Waals surface area contributed by atoms with E-state index in [4.69, 9.17) is 9.47 Å². The molecule has 0 atom stereocenters. The van der Waals surface area contributed by atoms with Crippen LogP contribution in [0.25, 0.3) is 0 Å². The predicted octanol–water partition coefficient (Wildman–Crippen LogP) is 4.06. The number of anilines is 2. The van der Waals surface area contributed by atoms with Crippen LogP contribution in [0.15, 0.2) is 36.4 Å². The van der Waals surface area contributed by atoms with Gasteiger partial charge in [-0.3, -0.25) is 0 Å². The van der Waals surface area contributed by atoms with Crippen LogP contribution in [0, 0.1) is 13.8 Å². The smallest absolute Gasteiger partial charge is 0.121 e. The Morgan fingerprint density at radius 2 is 1.16 bits per heavy atom. The van der Waals surface area contributed by atoms with E-state index in [-0.39, 0.29) is 0 Å². The monoisotopic (exact) mass is 257 g/mol. The topological polar surface area (TPSA) is 30.5 Å². The summed E-state index contributed by atoms with van der Waals surface area (Å²) < 4.78 is 10.5. The normalized spacial score (nSPS) is 10.1. The summed E-state index contributed by atoms with van der Waals surface area (Å²) in [6.45, 7) is 4.06. The van der Waals surface area contributed by atoms with Crippen molar-refractivity contribution in [3.63, 3.8) is 0 Å². The molecule has 0 saturated heterocycles. The van der Waals surface area contributed by atoms with E-state index in [1.54, 1.807) is 14.2 Å². The maximum atomic E-state index is 5.26. The Bertz CT molecular complexity index is 527. The Labute approximate surface area is 114 Å². The van der Waals surface area contributed by atoms with E-state index >= 15 is 0 Å². The summed E-state index contributed by atoms with van der Waals surface area (Å²) in [5.74, 6) is 1.80. The maximum Gasteiger partial charge on any atom is 0.121 e. The Kier molecular flexibility index (Phi) is 3.95. The van der Waals surface area contributed by atoms with E-state index in [0.29, 0.717) is 0 Å². The molecule has 0 spiro atoms. The average molecular weight is 257 g/mol. The lowest BCUT2D eigenvalue weighted by atomic mass is 10.1. The van der Waals surface area contributed by atoms with Crippen molar-refractivity contribution in [2.75, 3.05) is 19.5 Å². The van der Waals surface area contributed by atoms with Crippen LogP contribution in [0.1, 0.15) is 11.1 Å². The second-order valence-corrected chi connectivity index (χ2v) is 4.49. The molecule has 100 valence electrons. The van der Waals surface area contributed by atoms with Crippen molar-refractivity contribution in [1.29, 1.82) is 0 Å². The molecule has 0 saturated carbocycles. The molecular formula is C16H19NO2. The summed E-state index contributed by atoms with van der Waals surface area (Å²) in [7, 11) is 3.37. The van der Waals surface area contributed by atoms with Gasteiger partial charge in [0.2, 0.25) is 0 Å². The molecule has 3 nitrogen and oxygen atoms in total. The van der Waals surface area contributed by atoms with Crippen LogP contribution in [-0.2, 0) is 0 Å². The Morgan fingerprint density at radius 3 is 1.47 bits per heavy atom. The zero-order chi connectivity index (χ0) is 13.8. The van der Waals surface area contributed by atoms with Crippen LogP contribution in [0.2, 0.25) is 0 Å². The largest absolute Gasteiger partial charge is 0.496 e. The quantitative estimate of drug-likeness (QED) is 0.895. The van der Waals surface area contributed by atoms with Gasteiger partial charge in [0, 0.05) is 11.4 Å². The van der Waals surface area contributed by atoms with Crippen molar-refractivity contribution in [1.82, 2.24) is 0 Å². The summed E-state index contributed by atoms with van der Waals surface area (Å²) in [4.78, 5) is 0. The third kappa shape index (κ3) is 2.99. The predicted molar refractivity (Wildman–Crippen MR) is 78.7 cm³/mol. The van der Waals surface area contributed by atoms with E-state index < -0.39 is 0 Å². The van der Waals surface area contributed by atoms with Crippen molar-refractivity contribution in [2.24, 2.45) is 0 Å². The Morgan fingerprint density at radius 1 is 0.737 bits per heavy atom. The number of rotatable bonds is 4. The summed E-state index contributed by atoms with van der Waals surface area (Å²) in [6, 6.07) is 12.1. The second kappa shape index (κ2) is 5.65. The minimum Gasteiger partial charge on any atom is -0.496 e. The molecule has 2 aromatic rings. The summed E-state index contributed by atoms with van der Waals surface area (Å²) >= 11 is 0. The lowest BCUT2D eigenvalue weighted by Crippen LogP contribution is -1.94. The number of aryl methyl sites for hydroxylation is 2. The second-order valence-electron chi connectivity index (χ2n) is 4.49. The van der Waals surface area contributed by atoms with Crippen LogP contribution < -0.4 is 14.8 Å². The van der Waals surface area contributed by atoms with Crippen LogP contribution in [-0.4, -0.2) is 14.2 Å². The van der Waals surface area contributed by atoms with Gasteiger partial charge in [0.25, 0.3) is 0 Å². The Balaban J connectivity index is 2.21. The van der Waals surface area contributed by atoms with E-state index in [9.17, 15) is 0 Å². The first kappa shape index (κ1) is 13.3. The first-order valence-corrected chi connectivity index (χ1v) is 6.20. The van der Waals surface area contributed by atoms with Crippen LogP contribution in [0.3, 0.4) is 0 Å². The van der Waals surface area contributed by atoms with Crippen molar-refractivity contribution < 1.29 is 9.47 Å². The van der Waals surface area contributed by atoms with Gasteiger partial charge in [-0.15, -0.1) is 0 Å². The number of nitrogens with one attached hydrogen (secondary N) is 1. The molecule has 0 amide bonds. The molecule has 2 rings (SSSR count). The number of hydrogen-bond acceptors (Lipinski definition) is 3. The molecule has 0 fully saturated rings. The highest BCUT2D eigenvalue weighted by Gasteiger charge is 2.02. The molecule has 0 aliphatic rings. The fourth-order valence-electron chi connectivity index (χ4n) is 2.08. The maximum absolute atomic E-state index is 5.26. The number of hydrogen-bond donors (Lipinski definition) is 1. The molecule has 19 heavy (non-hydrogen) atoms. The average Bonchev–Trinajstić information content (AvgIpc) is 2.39. The standard InChI is InChI=1S/C16H19NO2/c1-11-9-13(5-7-15(11)18-3)17-14-6-8-16(19-4)12(2)10-14/h5-10,17H,1-4H3. The van der Waals surface area contributed by atoms with E-state index in [2.05, 4.69) is 17.4 Å². The van der Waals surface area contributed by atoms with E-state index in [1.165, 1.54) is 0 Å². The van der Waals surface area contributed by atoms with E-state index in [0.717, 1.165) is 34.0 Å². The van der Waals surface area contributed by atoms with Crippen molar-refractivity contribution in [3.05, 3.63) is 47.5 Å². The van der Waals surface area contributed by atoms with Gasteiger partial charge >= 0.3 is 0 Å². The van der Waals surface area contributed by atoms with Gasteiger partial charge in [-0.2, -0.15) is 0 Å². The number of methoxy groups -OCH3 is 2. The SMILES string of the molecule is COc1ccc(Nc2ccc(OC)c(C)c2)cc1C. The third-order valence-electron chi connectivity index (χ3n) is 3.08. The first-order valence-electron chi connectivity index (χ1n) is 6.20. The minimum atomic E-state index is 0.900. The first-order chi connectivity index (χ1) is 9.13. The molecule has 0 aliphatic heterocycles. The van der Waals surface area contributed by atoms with Gasteiger partial charge in [-0.05, 0) is 61.4 Å². The highest BCUT2D eigenvalue weighted by Crippen LogP contribution is 2.26. The third-order valence-corrected chi connectivity index (χ3v) is 3.08. The van der Waals surface area contributed by atoms with Crippen molar-refractivity contribution in [3.8, 4) is 11.5 Å². The van der Waals surface area contributed by atoms with E-state index in [1.807, 2.05) is 38.1 Å². The molecule has 0 heterocycles. The van der Waals surface area contributed by atoms with Crippen molar-refractivity contribution >= 4 is 11.4 Å². The van der Waals surface area contributed by atoms with Gasteiger partial charge < -0.3 is 14.8 Å². The molecule has 0 bridgehead atoms. The summed E-state index contributed by atoms with van der Waals surface area (Å²) in [5.41, 5.74) is 4.31. The molecule has 1 N–H and O–H groups in total. The number of benzene rings is 2. The zero-order valence-electron chi connectivity index (χ0n) is 11.8. The fraction of sp³-hybridized carbons (Fsp3) is 0.250. The van der Waals surface area contributed by atoms with Gasteiger partial charge in [-0.25, -0.2) is 0 Å². The number of ether oxygens (including phenoxy) is 2. The zero-order valence-corrected chi connectivity index (χ0v) is 11.8. The van der Waals surface area contributed by atoms with Gasteiger partial charge in [0.15, 0.2) is 0 Å². The van der Waals surface area contributed by atoms with Crippen molar-refractivity contribution in [2.45, 2.75) is 13.8 Å². The summed E-state index contributed by atoms with van der Waals surface area (Å²) in [6.07, 6.45) is 0. The molecule has 0 aromatic heterocycles. The molecule has 3 heteroatoms. The van der Waals surface area contributed by atoms with Gasteiger partial charge in [0.1, 0.15) is 11.5 Å². The Hall–Kier alpha value is -2.16. The minimum absolute atomic E-state index is 0.900. The highest BCUT2D eigenvalue weighted by atomic mass is 16.5.